The van der Waals surface area contributed by atoms with Crippen LogP contribution >= 0.6 is 0 Å². The highest BCUT2D eigenvalue weighted by atomic mass is 16.5. The van der Waals surface area contributed by atoms with Crippen LogP contribution in [-0.4, -0.2) is 51.1 Å². The van der Waals surface area contributed by atoms with Gasteiger partial charge in [0.2, 0.25) is 5.95 Å². The van der Waals surface area contributed by atoms with E-state index in [2.05, 4.69) is 20.1 Å². The van der Waals surface area contributed by atoms with Crippen LogP contribution in [0.25, 0.3) is 5.82 Å². The van der Waals surface area contributed by atoms with E-state index in [0.29, 0.717) is 30.5 Å². The quantitative estimate of drug-likeness (QED) is 0.744. The first kappa shape index (κ1) is 17.0. The number of benzene rings is 1. The summed E-state index contributed by atoms with van der Waals surface area (Å²) in [5.74, 6) is 1.17. The summed E-state index contributed by atoms with van der Waals surface area (Å²) in [5, 5.41) is 17.6. The smallest absolute Gasteiger partial charge is 0.266 e. The van der Waals surface area contributed by atoms with E-state index in [1.807, 2.05) is 41.4 Å². The van der Waals surface area contributed by atoms with Crippen LogP contribution in [-0.2, 0) is 4.74 Å². The molecule has 1 aliphatic rings. The van der Waals surface area contributed by atoms with Gasteiger partial charge in [-0.25, -0.2) is 15.0 Å². The zero-order chi connectivity index (χ0) is 18.6. The van der Waals surface area contributed by atoms with Gasteiger partial charge in [0.1, 0.15) is 6.07 Å². The number of anilines is 3. The molecule has 2 aromatic heterocycles. The predicted molar refractivity (Wildman–Crippen MR) is 99.3 cm³/mol. The van der Waals surface area contributed by atoms with Crippen molar-refractivity contribution in [1.29, 1.82) is 5.26 Å². The van der Waals surface area contributed by atoms with E-state index < -0.39 is 0 Å². The summed E-state index contributed by atoms with van der Waals surface area (Å²) < 4.78 is 6.93. The fourth-order valence-electron chi connectivity index (χ4n) is 2.88. The van der Waals surface area contributed by atoms with Gasteiger partial charge in [0.25, 0.3) is 5.95 Å². The Morgan fingerprint density at radius 1 is 1.11 bits per heavy atom. The molecule has 0 radical (unpaired) electrons. The van der Waals surface area contributed by atoms with E-state index in [9.17, 15) is 0 Å². The van der Waals surface area contributed by atoms with E-state index in [4.69, 9.17) is 15.7 Å². The average molecular weight is 362 g/mol. The Bertz CT molecular complexity index is 942. The molecule has 3 aromatic rings. The van der Waals surface area contributed by atoms with Crippen LogP contribution in [0.15, 0.2) is 48.7 Å². The number of morpholine rings is 1. The van der Waals surface area contributed by atoms with Gasteiger partial charge in [0, 0.05) is 19.3 Å². The van der Waals surface area contributed by atoms with E-state index >= 15 is 0 Å². The SMILES string of the molecule is N#Cc1ccc(-n2nc(N(c3ccccc3)N3CCOCC3)nc2N)nc1. The molecule has 0 bridgehead atoms. The molecule has 2 N–H and O–H groups in total. The van der Waals surface area contributed by atoms with Crippen molar-refractivity contribution in [1.82, 2.24) is 24.8 Å². The van der Waals surface area contributed by atoms with Crippen LogP contribution in [0, 0.1) is 11.3 Å². The molecule has 1 aliphatic heterocycles. The third-order valence-corrected chi connectivity index (χ3v) is 4.18. The lowest BCUT2D eigenvalue weighted by Crippen LogP contribution is -2.47. The van der Waals surface area contributed by atoms with Crippen LogP contribution in [0.2, 0.25) is 0 Å². The Morgan fingerprint density at radius 3 is 2.56 bits per heavy atom. The van der Waals surface area contributed by atoms with Gasteiger partial charge in [0.15, 0.2) is 5.82 Å². The monoisotopic (exact) mass is 362 g/mol. The molecule has 0 aliphatic carbocycles. The summed E-state index contributed by atoms with van der Waals surface area (Å²) in [4.78, 5) is 8.69. The van der Waals surface area contributed by atoms with Gasteiger partial charge in [-0.15, -0.1) is 5.10 Å². The summed E-state index contributed by atoms with van der Waals surface area (Å²) in [5.41, 5.74) is 7.51. The number of nitriles is 1. The summed E-state index contributed by atoms with van der Waals surface area (Å²) in [6.45, 7) is 2.71. The molecule has 1 aromatic carbocycles. The molecule has 4 rings (SSSR count). The molecule has 0 unspecified atom stereocenters. The number of nitrogens with zero attached hydrogens (tertiary/aromatic N) is 7. The Hall–Kier alpha value is -3.48. The maximum absolute atomic E-state index is 8.93. The fraction of sp³-hybridized carbons (Fsp3) is 0.222. The first-order chi connectivity index (χ1) is 13.3. The number of para-hydroxylation sites is 1. The first-order valence-corrected chi connectivity index (χ1v) is 8.53. The first-order valence-electron chi connectivity index (χ1n) is 8.53. The maximum atomic E-state index is 8.93. The lowest BCUT2D eigenvalue weighted by Gasteiger charge is -2.36. The Labute approximate surface area is 156 Å². The molecule has 9 heteroatoms. The largest absolute Gasteiger partial charge is 0.379 e. The molecule has 1 fully saturated rings. The van der Waals surface area contributed by atoms with Gasteiger partial charge < -0.3 is 10.5 Å². The lowest BCUT2D eigenvalue weighted by molar-refractivity contribution is 0.0371. The number of ether oxygens (including phenoxy) is 1. The second-order valence-corrected chi connectivity index (χ2v) is 5.91. The number of hydrogen-bond acceptors (Lipinski definition) is 8. The van der Waals surface area contributed by atoms with Crippen LogP contribution in [0.5, 0.6) is 0 Å². The number of pyridine rings is 1. The molecule has 27 heavy (non-hydrogen) atoms. The topological polar surface area (TPSA) is 109 Å². The van der Waals surface area contributed by atoms with Crippen molar-refractivity contribution in [2.45, 2.75) is 0 Å². The maximum Gasteiger partial charge on any atom is 0.266 e. The highest BCUT2D eigenvalue weighted by Gasteiger charge is 2.25. The van der Waals surface area contributed by atoms with E-state index in [0.717, 1.165) is 18.8 Å². The number of hydrazine groups is 1. The van der Waals surface area contributed by atoms with Gasteiger partial charge in [-0.3, -0.25) is 0 Å². The van der Waals surface area contributed by atoms with E-state index in [1.54, 1.807) is 12.1 Å². The van der Waals surface area contributed by atoms with Crippen molar-refractivity contribution in [2.24, 2.45) is 0 Å². The second-order valence-electron chi connectivity index (χ2n) is 5.91. The van der Waals surface area contributed by atoms with Gasteiger partial charge in [-0.2, -0.15) is 14.9 Å². The molecule has 0 saturated carbocycles. The molecule has 0 amide bonds. The minimum atomic E-state index is 0.219. The minimum Gasteiger partial charge on any atom is -0.379 e. The number of aromatic nitrogens is 4. The van der Waals surface area contributed by atoms with Crippen LogP contribution in [0.4, 0.5) is 17.6 Å². The normalized spacial score (nSPS) is 14.6. The van der Waals surface area contributed by atoms with Crippen molar-refractivity contribution in [3.8, 4) is 11.9 Å². The molecule has 0 spiro atoms. The number of rotatable bonds is 4. The highest BCUT2D eigenvalue weighted by molar-refractivity contribution is 5.57. The minimum absolute atomic E-state index is 0.219. The molecule has 0 atom stereocenters. The van der Waals surface area contributed by atoms with Gasteiger partial charge in [-0.05, 0) is 24.3 Å². The fourth-order valence-corrected chi connectivity index (χ4v) is 2.88. The van der Waals surface area contributed by atoms with Crippen molar-refractivity contribution in [3.63, 3.8) is 0 Å². The van der Waals surface area contributed by atoms with Crippen molar-refractivity contribution >= 4 is 17.6 Å². The number of hydrogen-bond donors (Lipinski definition) is 1. The summed E-state index contributed by atoms with van der Waals surface area (Å²) in [6.07, 6.45) is 1.48. The van der Waals surface area contributed by atoms with Crippen molar-refractivity contribution < 1.29 is 4.74 Å². The van der Waals surface area contributed by atoms with Crippen LogP contribution < -0.4 is 10.7 Å². The Kier molecular flexibility index (Phi) is 4.65. The zero-order valence-electron chi connectivity index (χ0n) is 14.6. The standard InChI is InChI=1S/C18H18N8O/c19-12-14-6-7-16(21-13-14)25-17(20)22-18(23-25)26(15-4-2-1-3-5-15)24-8-10-27-11-9-24/h1-7,13H,8-11H2,(H2,20,22,23). The lowest BCUT2D eigenvalue weighted by atomic mass is 10.3. The van der Waals surface area contributed by atoms with Gasteiger partial charge in [0.05, 0.1) is 24.5 Å². The van der Waals surface area contributed by atoms with Crippen molar-refractivity contribution in [2.75, 3.05) is 37.0 Å². The summed E-state index contributed by atoms with van der Waals surface area (Å²) in [7, 11) is 0. The van der Waals surface area contributed by atoms with E-state index in [1.165, 1.54) is 10.9 Å². The second kappa shape index (κ2) is 7.41. The number of nitrogens with two attached hydrogens (primary N) is 1. The van der Waals surface area contributed by atoms with Crippen LogP contribution in [0.1, 0.15) is 5.56 Å². The molecule has 9 nitrogen and oxygen atoms in total. The van der Waals surface area contributed by atoms with Gasteiger partial charge >= 0.3 is 0 Å². The summed E-state index contributed by atoms with van der Waals surface area (Å²) in [6, 6.07) is 15.3. The number of nitrogen functional groups attached to an aromatic ring is 1. The highest BCUT2D eigenvalue weighted by Crippen LogP contribution is 2.26. The average Bonchev–Trinajstić information content (AvgIpc) is 3.11. The van der Waals surface area contributed by atoms with E-state index in [-0.39, 0.29) is 5.95 Å². The molecule has 3 heterocycles. The Morgan fingerprint density at radius 2 is 1.89 bits per heavy atom. The van der Waals surface area contributed by atoms with Gasteiger partial charge in [-0.1, -0.05) is 18.2 Å². The van der Waals surface area contributed by atoms with Crippen molar-refractivity contribution in [3.05, 3.63) is 54.2 Å². The molecule has 1 saturated heterocycles. The molecular weight excluding hydrogens is 344 g/mol. The third kappa shape index (κ3) is 3.44. The summed E-state index contributed by atoms with van der Waals surface area (Å²) >= 11 is 0. The third-order valence-electron chi connectivity index (χ3n) is 4.18. The zero-order valence-corrected chi connectivity index (χ0v) is 14.6. The Balaban J connectivity index is 1.73. The molecular formula is C18H18N8O. The predicted octanol–water partition coefficient (Wildman–Crippen LogP) is 1.50. The molecule has 136 valence electrons. The van der Waals surface area contributed by atoms with Crippen LogP contribution in [0.3, 0.4) is 0 Å².